The van der Waals surface area contributed by atoms with Crippen molar-refractivity contribution in [2.75, 3.05) is 5.88 Å². The molecule has 0 aliphatic carbocycles. The summed E-state index contributed by atoms with van der Waals surface area (Å²) in [7, 11) is 0. The fourth-order valence-electron chi connectivity index (χ4n) is 0.0630. The highest BCUT2D eigenvalue weighted by atomic mass is 35.5. The molecule has 2 heteroatoms. The lowest BCUT2D eigenvalue weighted by molar-refractivity contribution is 1.28. The van der Waals surface area contributed by atoms with Gasteiger partial charge in [0.2, 0.25) is 0 Å². The van der Waals surface area contributed by atoms with E-state index in [1.807, 2.05) is 0 Å². The Bertz CT molecular complexity index is 44.8. The van der Waals surface area contributed by atoms with Crippen LogP contribution in [-0.4, -0.2) is 11.1 Å². The van der Waals surface area contributed by atoms with Gasteiger partial charge < -0.3 is 0 Å². The molecule has 0 aromatic rings. The van der Waals surface area contributed by atoms with Crippen molar-refractivity contribution in [3.05, 3.63) is 12.7 Å². The molecule has 6 heavy (non-hydrogen) atoms. The minimum atomic E-state index is 0.159. The van der Waals surface area contributed by atoms with Gasteiger partial charge in [-0.05, 0) is 0 Å². The van der Waals surface area contributed by atoms with Gasteiger partial charge in [-0.25, -0.2) is 0 Å². The number of hydrogen-bond donors (Lipinski definition) is 1. The normalized spacial score (nSPS) is 13.7. The molecule has 0 spiro atoms. The number of hydrogen-bond acceptors (Lipinski definition) is 1. The number of halogens is 1. The Morgan fingerprint density at radius 1 is 2.00 bits per heavy atom. The Morgan fingerprint density at radius 2 is 2.50 bits per heavy atom. The summed E-state index contributed by atoms with van der Waals surface area (Å²) in [5.41, 5.74) is 0. The van der Waals surface area contributed by atoms with Crippen LogP contribution >= 0.6 is 24.2 Å². The number of alkyl halides is 1. The molecule has 0 aromatic carbocycles. The topological polar surface area (TPSA) is 0 Å². The van der Waals surface area contributed by atoms with Crippen LogP contribution in [0.1, 0.15) is 0 Å². The lowest BCUT2D eigenvalue weighted by atomic mass is 10.5. The van der Waals surface area contributed by atoms with Crippen molar-refractivity contribution in [3.63, 3.8) is 0 Å². The van der Waals surface area contributed by atoms with Crippen LogP contribution in [0.25, 0.3) is 0 Å². The molecule has 0 aromatic heterocycles. The van der Waals surface area contributed by atoms with Crippen molar-refractivity contribution in [2.45, 2.75) is 5.25 Å². The first-order chi connectivity index (χ1) is 2.81. The van der Waals surface area contributed by atoms with Crippen molar-refractivity contribution in [1.82, 2.24) is 0 Å². The molecule has 0 amide bonds. The summed E-state index contributed by atoms with van der Waals surface area (Å²) in [6, 6.07) is 0. The van der Waals surface area contributed by atoms with Gasteiger partial charge in [-0.15, -0.1) is 18.2 Å². The van der Waals surface area contributed by atoms with Gasteiger partial charge in [-0.1, -0.05) is 6.08 Å². The largest absolute Gasteiger partial charge is 0.171 e. The summed E-state index contributed by atoms with van der Waals surface area (Å²) >= 11 is 9.28. The Balaban J connectivity index is 2.96. The average Bonchev–Trinajstić information content (AvgIpc) is 1.65. The molecule has 0 aliphatic rings. The molecule has 0 aliphatic heterocycles. The van der Waals surface area contributed by atoms with E-state index in [0.717, 1.165) is 0 Å². The quantitative estimate of drug-likeness (QED) is 0.322. The van der Waals surface area contributed by atoms with E-state index in [1.165, 1.54) is 0 Å². The standard InChI is InChI=1S/C4H7ClS/c1-2-4(6)3-5/h2,4,6H,1,3H2. The van der Waals surface area contributed by atoms with Crippen LogP contribution in [0.2, 0.25) is 0 Å². The molecule has 0 N–H and O–H groups in total. The van der Waals surface area contributed by atoms with Gasteiger partial charge in [0.1, 0.15) is 0 Å². The molecule has 1 atom stereocenters. The summed E-state index contributed by atoms with van der Waals surface area (Å²) in [4.78, 5) is 0. The van der Waals surface area contributed by atoms with Crippen LogP contribution in [0.15, 0.2) is 12.7 Å². The van der Waals surface area contributed by atoms with E-state index in [9.17, 15) is 0 Å². The van der Waals surface area contributed by atoms with E-state index in [1.54, 1.807) is 6.08 Å². The van der Waals surface area contributed by atoms with Gasteiger partial charge in [0.15, 0.2) is 0 Å². The lowest BCUT2D eigenvalue weighted by Crippen LogP contribution is -1.90. The molecule has 0 radical (unpaired) electrons. The minimum absolute atomic E-state index is 0.159. The maximum absolute atomic E-state index is 5.30. The third kappa shape index (κ3) is 2.61. The highest BCUT2D eigenvalue weighted by Gasteiger charge is 1.87. The highest BCUT2D eigenvalue weighted by molar-refractivity contribution is 7.81. The van der Waals surface area contributed by atoms with Gasteiger partial charge in [-0.2, -0.15) is 12.6 Å². The number of thiol groups is 1. The zero-order chi connectivity index (χ0) is 4.99. The smallest absolute Gasteiger partial charge is 0.0375 e. The zero-order valence-electron chi connectivity index (χ0n) is 3.39. The monoisotopic (exact) mass is 122 g/mol. The first-order valence-corrected chi connectivity index (χ1v) is 2.73. The maximum Gasteiger partial charge on any atom is 0.0375 e. The van der Waals surface area contributed by atoms with Gasteiger partial charge in [-0.3, -0.25) is 0 Å². The molecule has 0 heterocycles. The molecule has 0 nitrogen and oxygen atoms in total. The summed E-state index contributed by atoms with van der Waals surface area (Å²) in [6.45, 7) is 3.47. The maximum atomic E-state index is 5.30. The summed E-state index contributed by atoms with van der Waals surface area (Å²) in [6.07, 6.45) is 1.70. The van der Waals surface area contributed by atoms with Crippen molar-refractivity contribution in [1.29, 1.82) is 0 Å². The van der Waals surface area contributed by atoms with Crippen molar-refractivity contribution in [3.8, 4) is 0 Å². The van der Waals surface area contributed by atoms with E-state index in [0.29, 0.717) is 5.88 Å². The number of rotatable bonds is 2. The Kier molecular flexibility index (Phi) is 3.79. The Hall–Kier alpha value is 0.380. The summed E-state index contributed by atoms with van der Waals surface area (Å²) in [5, 5.41) is 0.159. The first kappa shape index (κ1) is 6.38. The molecule has 0 saturated heterocycles. The van der Waals surface area contributed by atoms with Crippen molar-refractivity contribution >= 4 is 24.2 Å². The van der Waals surface area contributed by atoms with Crippen molar-refractivity contribution in [2.24, 2.45) is 0 Å². The van der Waals surface area contributed by atoms with Crippen LogP contribution < -0.4 is 0 Å². The lowest BCUT2D eigenvalue weighted by Gasteiger charge is -1.91. The summed E-state index contributed by atoms with van der Waals surface area (Å²) < 4.78 is 0. The molecule has 0 saturated carbocycles. The van der Waals surface area contributed by atoms with E-state index < -0.39 is 0 Å². The zero-order valence-corrected chi connectivity index (χ0v) is 5.04. The summed E-state index contributed by atoms with van der Waals surface area (Å²) in [5.74, 6) is 0.548. The second kappa shape index (κ2) is 3.57. The minimum Gasteiger partial charge on any atom is -0.171 e. The van der Waals surface area contributed by atoms with Crippen LogP contribution in [0.4, 0.5) is 0 Å². The van der Waals surface area contributed by atoms with Crippen LogP contribution in [-0.2, 0) is 0 Å². The van der Waals surface area contributed by atoms with Gasteiger partial charge in [0.05, 0.1) is 0 Å². The van der Waals surface area contributed by atoms with E-state index >= 15 is 0 Å². The Labute approximate surface area is 48.6 Å². The molecular weight excluding hydrogens is 116 g/mol. The van der Waals surface area contributed by atoms with Gasteiger partial charge in [0.25, 0.3) is 0 Å². The first-order valence-electron chi connectivity index (χ1n) is 1.68. The SMILES string of the molecule is C=CC(S)CCl. The predicted octanol–water partition coefficient (Wildman–Crippen LogP) is 1.71. The van der Waals surface area contributed by atoms with Crippen LogP contribution in [0.3, 0.4) is 0 Å². The molecule has 0 fully saturated rings. The van der Waals surface area contributed by atoms with Crippen LogP contribution in [0, 0.1) is 0 Å². The average molecular weight is 123 g/mol. The third-order valence-corrected chi connectivity index (χ3v) is 1.37. The molecule has 0 rings (SSSR count). The van der Waals surface area contributed by atoms with E-state index in [2.05, 4.69) is 19.2 Å². The predicted molar refractivity (Wildman–Crippen MR) is 33.7 cm³/mol. The fourth-order valence-corrected chi connectivity index (χ4v) is 0.189. The van der Waals surface area contributed by atoms with Gasteiger partial charge in [0, 0.05) is 11.1 Å². The molecule has 1 unspecified atom stereocenters. The van der Waals surface area contributed by atoms with Gasteiger partial charge >= 0.3 is 0 Å². The third-order valence-electron chi connectivity index (χ3n) is 0.430. The van der Waals surface area contributed by atoms with E-state index in [4.69, 9.17) is 11.6 Å². The highest BCUT2D eigenvalue weighted by Crippen LogP contribution is 1.96. The second-order valence-corrected chi connectivity index (χ2v) is 1.93. The van der Waals surface area contributed by atoms with Crippen LogP contribution in [0.5, 0.6) is 0 Å². The molecule has 36 valence electrons. The van der Waals surface area contributed by atoms with Crippen molar-refractivity contribution < 1.29 is 0 Å². The molecule has 0 bridgehead atoms. The molecular formula is C4H7ClS. The second-order valence-electron chi connectivity index (χ2n) is 0.957. The van der Waals surface area contributed by atoms with E-state index in [-0.39, 0.29) is 5.25 Å². The fraction of sp³-hybridized carbons (Fsp3) is 0.500. The Morgan fingerprint density at radius 3 is 2.50 bits per heavy atom.